The molecule has 1 aromatic heterocycles. The van der Waals surface area contributed by atoms with Gasteiger partial charge in [-0.15, -0.1) is 0 Å². The van der Waals surface area contributed by atoms with Crippen LogP contribution in [0.25, 0.3) is 0 Å². The van der Waals surface area contributed by atoms with Gasteiger partial charge < -0.3 is 10.6 Å². The fourth-order valence-corrected chi connectivity index (χ4v) is 2.62. The van der Waals surface area contributed by atoms with E-state index in [1.54, 1.807) is 6.07 Å². The average molecular weight is 381 g/mol. The van der Waals surface area contributed by atoms with Gasteiger partial charge in [0.15, 0.2) is 0 Å². The number of carbonyl (C=O) groups is 2. The van der Waals surface area contributed by atoms with E-state index in [-0.39, 0.29) is 11.4 Å². The number of benzene rings is 2. The predicted molar refractivity (Wildman–Crippen MR) is 102 cm³/mol. The first-order valence-electron chi connectivity index (χ1n) is 8.46. The Morgan fingerprint density at radius 3 is 2.00 bits per heavy atom. The molecule has 0 spiro atoms. The van der Waals surface area contributed by atoms with E-state index < -0.39 is 29.1 Å². The number of aromatic nitrogens is 1. The van der Waals surface area contributed by atoms with E-state index >= 15 is 0 Å². The zero-order valence-corrected chi connectivity index (χ0v) is 15.2. The van der Waals surface area contributed by atoms with Crippen LogP contribution in [0.5, 0.6) is 0 Å². The summed E-state index contributed by atoms with van der Waals surface area (Å²) in [7, 11) is 0. The molecule has 0 aliphatic carbocycles. The molecule has 0 saturated heterocycles. The zero-order chi connectivity index (χ0) is 20.3. The minimum atomic E-state index is -0.905. The van der Waals surface area contributed by atoms with Gasteiger partial charge in [-0.1, -0.05) is 29.8 Å². The van der Waals surface area contributed by atoms with E-state index in [0.29, 0.717) is 5.69 Å². The maximum Gasteiger partial charge on any atom is 0.274 e. The second-order valence-corrected chi connectivity index (χ2v) is 6.23. The van der Waals surface area contributed by atoms with Gasteiger partial charge in [-0.25, -0.2) is 13.8 Å². The van der Waals surface area contributed by atoms with Crippen LogP contribution in [0.4, 0.5) is 20.2 Å². The summed E-state index contributed by atoms with van der Waals surface area (Å²) in [5.74, 6) is -3.14. The van der Waals surface area contributed by atoms with Crippen molar-refractivity contribution in [3.05, 3.63) is 88.7 Å². The minimum Gasteiger partial charge on any atom is -0.320 e. The van der Waals surface area contributed by atoms with Crippen LogP contribution in [0.3, 0.4) is 0 Å². The van der Waals surface area contributed by atoms with Gasteiger partial charge in [0.1, 0.15) is 28.7 Å². The number of rotatable bonds is 4. The Hall–Kier alpha value is -3.61. The number of anilines is 2. The van der Waals surface area contributed by atoms with Crippen molar-refractivity contribution < 1.29 is 18.4 Å². The Kier molecular flexibility index (Phi) is 5.44. The van der Waals surface area contributed by atoms with Gasteiger partial charge >= 0.3 is 0 Å². The van der Waals surface area contributed by atoms with E-state index in [2.05, 4.69) is 15.6 Å². The van der Waals surface area contributed by atoms with E-state index in [0.717, 1.165) is 23.3 Å². The van der Waals surface area contributed by atoms with Crippen LogP contribution < -0.4 is 10.6 Å². The molecular weight excluding hydrogens is 364 g/mol. The molecule has 0 saturated carbocycles. The van der Waals surface area contributed by atoms with Crippen molar-refractivity contribution in [2.45, 2.75) is 13.8 Å². The summed E-state index contributed by atoms with van der Waals surface area (Å²) >= 11 is 0. The highest BCUT2D eigenvalue weighted by Crippen LogP contribution is 2.19. The molecule has 5 nitrogen and oxygen atoms in total. The Bertz CT molecular complexity index is 1050. The molecule has 2 amide bonds. The lowest BCUT2D eigenvalue weighted by molar-refractivity contribution is 0.101. The number of nitrogens with zero attached hydrogens (tertiary/aromatic N) is 1. The molecule has 0 aliphatic rings. The van der Waals surface area contributed by atoms with Crippen molar-refractivity contribution in [1.29, 1.82) is 0 Å². The highest BCUT2D eigenvalue weighted by atomic mass is 19.1. The van der Waals surface area contributed by atoms with Crippen LogP contribution in [0.1, 0.15) is 32.1 Å². The fourth-order valence-electron chi connectivity index (χ4n) is 2.62. The lowest BCUT2D eigenvalue weighted by Crippen LogP contribution is -2.19. The average Bonchev–Trinajstić information content (AvgIpc) is 2.67. The third-order valence-corrected chi connectivity index (χ3v) is 4.05. The molecule has 2 aromatic carbocycles. The van der Waals surface area contributed by atoms with Crippen molar-refractivity contribution >= 4 is 23.2 Å². The molecular formula is C21H17F2N3O2. The molecule has 0 radical (unpaired) electrons. The number of para-hydroxylation sites is 1. The van der Waals surface area contributed by atoms with Crippen LogP contribution in [0, 0.1) is 25.5 Å². The van der Waals surface area contributed by atoms with Gasteiger partial charge in [-0.3, -0.25) is 9.59 Å². The molecule has 1 heterocycles. The third kappa shape index (κ3) is 4.20. The van der Waals surface area contributed by atoms with E-state index in [4.69, 9.17) is 0 Å². The minimum absolute atomic E-state index is 0.00151. The number of hydrogen-bond donors (Lipinski definition) is 2. The Balaban J connectivity index is 1.79. The second kappa shape index (κ2) is 7.96. The monoisotopic (exact) mass is 381 g/mol. The number of hydrogen-bond acceptors (Lipinski definition) is 3. The maximum atomic E-state index is 13.7. The molecule has 2 N–H and O–H groups in total. The molecule has 0 unspecified atom stereocenters. The van der Waals surface area contributed by atoms with Gasteiger partial charge in [0.25, 0.3) is 11.8 Å². The van der Waals surface area contributed by atoms with Gasteiger partial charge in [-0.2, -0.15) is 0 Å². The Morgan fingerprint density at radius 1 is 0.821 bits per heavy atom. The summed E-state index contributed by atoms with van der Waals surface area (Å²) in [5, 5.41) is 4.88. The van der Waals surface area contributed by atoms with E-state index in [9.17, 15) is 18.4 Å². The largest absolute Gasteiger partial charge is 0.320 e. The first-order chi connectivity index (χ1) is 13.3. The number of halogens is 2. The molecule has 0 atom stereocenters. The smallest absolute Gasteiger partial charge is 0.274 e. The second-order valence-electron chi connectivity index (χ2n) is 6.23. The van der Waals surface area contributed by atoms with Crippen LogP contribution in [-0.2, 0) is 0 Å². The number of aryl methyl sites for hydroxylation is 2. The van der Waals surface area contributed by atoms with Crippen molar-refractivity contribution in [2.24, 2.45) is 0 Å². The number of amides is 2. The quantitative estimate of drug-likeness (QED) is 0.700. The van der Waals surface area contributed by atoms with Gasteiger partial charge in [0, 0.05) is 5.69 Å². The summed E-state index contributed by atoms with van der Waals surface area (Å²) in [6, 6.07) is 13.1. The number of carbonyl (C=O) groups excluding carboxylic acids is 2. The molecule has 142 valence electrons. The SMILES string of the molecule is Cc1ccc(NC(=O)c2cccc(C(=O)Nc3c(F)cccc3F)n2)c(C)c1. The standard InChI is InChI=1S/C21H17F2N3O2/c1-12-9-10-16(13(2)11-12)25-20(27)17-7-4-8-18(24-17)21(28)26-19-14(22)5-3-6-15(19)23/h3-11H,1-2H3,(H,25,27)(H,26,28). The zero-order valence-electron chi connectivity index (χ0n) is 15.2. The molecule has 7 heteroatoms. The molecule has 0 aliphatic heterocycles. The molecule has 3 rings (SSSR count). The Morgan fingerprint density at radius 2 is 1.39 bits per heavy atom. The Labute approximate surface area is 160 Å². The molecule has 3 aromatic rings. The summed E-state index contributed by atoms with van der Waals surface area (Å²) in [5.41, 5.74) is 1.86. The normalized spacial score (nSPS) is 10.4. The van der Waals surface area contributed by atoms with Gasteiger partial charge in [0.2, 0.25) is 0 Å². The molecule has 28 heavy (non-hydrogen) atoms. The first kappa shape index (κ1) is 19.2. The van der Waals surface area contributed by atoms with Crippen LogP contribution >= 0.6 is 0 Å². The highest BCUT2D eigenvalue weighted by Gasteiger charge is 2.16. The topological polar surface area (TPSA) is 71.1 Å². The van der Waals surface area contributed by atoms with Gasteiger partial charge in [0.05, 0.1) is 0 Å². The first-order valence-corrected chi connectivity index (χ1v) is 8.46. The van der Waals surface area contributed by atoms with Crippen LogP contribution in [0.2, 0.25) is 0 Å². The summed E-state index contributed by atoms with van der Waals surface area (Å²) in [6.45, 7) is 3.81. The lowest BCUT2D eigenvalue weighted by Gasteiger charge is -2.10. The number of pyridine rings is 1. The maximum absolute atomic E-state index is 13.7. The van der Waals surface area contributed by atoms with E-state index in [1.165, 1.54) is 24.3 Å². The molecule has 0 bridgehead atoms. The number of nitrogens with one attached hydrogen (secondary N) is 2. The van der Waals surface area contributed by atoms with Crippen LogP contribution in [-0.4, -0.2) is 16.8 Å². The third-order valence-electron chi connectivity index (χ3n) is 4.05. The molecule has 0 fully saturated rings. The highest BCUT2D eigenvalue weighted by molar-refractivity contribution is 6.06. The van der Waals surface area contributed by atoms with Gasteiger partial charge in [-0.05, 0) is 49.7 Å². The van der Waals surface area contributed by atoms with Crippen molar-refractivity contribution in [1.82, 2.24) is 4.98 Å². The summed E-state index contributed by atoms with van der Waals surface area (Å²) in [4.78, 5) is 28.8. The van der Waals surface area contributed by atoms with Crippen molar-refractivity contribution in [3.8, 4) is 0 Å². The predicted octanol–water partition coefficient (Wildman–Crippen LogP) is 4.48. The summed E-state index contributed by atoms with van der Waals surface area (Å²) < 4.78 is 27.4. The fraction of sp³-hybridized carbons (Fsp3) is 0.0952. The van der Waals surface area contributed by atoms with Crippen molar-refractivity contribution in [3.63, 3.8) is 0 Å². The van der Waals surface area contributed by atoms with Crippen molar-refractivity contribution in [2.75, 3.05) is 10.6 Å². The summed E-state index contributed by atoms with van der Waals surface area (Å²) in [6.07, 6.45) is 0. The van der Waals surface area contributed by atoms with E-state index in [1.807, 2.05) is 26.0 Å². The lowest BCUT2D eigenvalue weighted by atomic mass is 10.1. The van der Waals surface area contributed by atoms with Crippen LogP contribution in [0.15, 0.2) is 54.6 Å².